The monoisotopic (exact) mass is 229 g/mol. The smallest absolute Gasteiger partial charge is 0.0714 e. The topological polar surface area (TPSA) is 12.9 Å². The van der Waals surface area contributed by atoms with Crippen molar-refractivity contribution in [2.45, 2.75) is 12.8 Å². The van der Waals surface area contributed by atoms with Crippen molar-refractivity contribution in [3.8, 4) is 11.8 Å². The molecule has 0 fully saturated rings. The van der Waals surface area contributed by atoms with E-state index in [1.165, 1.54) is 0 Å². The second-order valence-corrected chi connectivity index (χ2v) is 3.88. The first-order chi connectivity index (χ1) is 7.90. The number of pyridine rings is 1. The molecule has 0 bridgehead atoms. The third-order valence-electron chi connectivity index (χ3n) is 2.27. The number of aromatic nitrogens is 1. The van der Waals surface area contributed by atoms with Gasteiger partial charge in [-0.3, -0.25) is 4.98 Å². The zero-order valence-corrected chi connectivity index (χ0v) is 9.67. The van der Waals surface area contributed by atoms with Crippen molar-refractivity contribution in [3.63, 3.8) is 0 Å². The van der Waals surface area contributed by atoms with Crippen LogP contribution in [0, 0.1) is 11.8 Å². The summed E-state index contributed by atoms with van der Waals surface area (Å²) in [6.45, 7) is 0. The Morgan fingerprint density at radius 3 is 3.06 bits per heavy atom. The summed E-state index contributed by atoms with van der Waals surface area (Å²) in [5.74, 6) is 6.90. The van der Waals surface area contributed by atoms with Crippen LogP contribution < -0.4 is 0 Å². The average Bonchev–Trinajstić information content (AvgIpc) is 2.34. The third-order valence-corrected chi connectivity index (χ3v) is 2.54. The maximum absolute atomic E-state index is 5.58. The molecule has 0 saturated carbocycles. The molecule has 80 valence electrons. The molecule has 0 aliphatic rings. The summed E-state index contributed by atoms with van der Waals surface area (Å²) in [5.41, 5.74) is 2.01. The van der Waals surface area contributed by atoms with Gasteiger partial charge >= 0.3 is 0 Å². The summed E-state index contributed by atoms with van der Waals surface area (Å²) >= 11 is 5.58. The molecule has 1 nitrogen and oxygen atoms in total. The highest BCUT2D eigenvalue weighted by molar-refractivity contribution is 6.17. The normalized spacial score (nSPS) is 9.81. The Morgan fingerprint density at radius 1 is 1.25 bits per heavy atom. The van der Waals surface area contributed by atoms with Crippen molar-refractivity contribution in [1.82, 2.24) is 4.98 Å². The number of rotatable bonds is 2. The predicted molar refractivity (Wildman–Crippen MR) is 68.6 cm³/mol. The molecule has 16 heavy (non-hydrogen) atoms. The second kappa shape index (κ2) is 5.53. The van der Waals surface area contributed by atoms with Gasteiger partial charge in [-0.05, 0) is 24.6 Å². The zero-order valence-electron chi connectivity index (χ0n) is 8.91. The van der Waals surface area contributed by atoms with Gasteiger partial charge in [0.15, 0.2) is 0 Å². The average molecular weight is 230 g/mol. The van der Waals surface area contributed by atoms with E-state index in [0.717, 1.165) is 29.3 Å². The van der Waals surface area contributed by atoms with E-state index >= 15 is 0 Å². The second-order valence-electron chi connectivity index (χ2n) is 3.51. The summed E-state index contributed by atoms with van der Waals surface area (Å²) in [5, 5.41) is 1.15. The van der Waals surface area contributed by atoms with Gasteiger partial charge in [-0.2, -0.15) is 0 Å². The fourth-order valence-electron chi connectivity index (χ4n) is 1.46. The number of unbranched alkanes of at least 4 members (excludes halogenated alkanes) is 1. The number of halogens is 1. The van der Waals surface area contributed by atoms with Crippen LogP contribution in [0.5, 0.6) is 0 Å². The van der Waals surface area contributed by atoms with Crippen LogP contribution >= 0.6 is 11.6 Å². The van der Waals surface area contributed by atoms with Gasteiger partial charge in [-0.15, -0.1) is 11.6 Å². The number of benzene rings is 1. The molecule has 0 unspecified atom stereocenters. The van der Waals surface area contributed by atoms with Gasteiger partial charge in [0.25, 0.3) is 0 Å². The molecule has 0 saturated heterocycles. The number of nitrogens with zero attached hydrogens (tertiary/aromatic N) is 1. The van der Waals surface area contributed by atoms with E-state index in [1.807, 2.05) is 30.3 Å². The van der Waals surface area contributed by atoms with Crippen LogP contribution in [0.4, 0.5) is 0 Å². The number of fused-ring (bicyclic) bond motifs is 1. The van der Waals surface area contributed by atoms with Gasteiger partial charge in [0.1, 0.15) is 0 Å². The lowest BCUT2D eigenvalue weighted by Crippen LogP contribution is -1.80. The quantitative estimate of drug-likeness (QED) is 0.436. The summed E-state index contributed by atoms with van der Waals surface area (Å²) in [6.07, 6.45) is 3.59. The van der Waals surface area contributed by atoms with Gasteiger partial charge in [0.05, 0.1) is 5.52 Å². The Labute approximate surface area is 100 Å². The van der Waals surface area contributed by atoms with Crippen molar-refractivity contribution in [2.75, 3.05) is 5.88 Å². The Bertz CT molecular complexity index is 537. The predicted octanol–water partition coefficient (Wildman–Crippen LogP) is 3.61. The van der Waals surface area contributed by atoms with Crippen molar-refractivity contribution in [3.05, 3.63) is 42.1 Å². The molecular weight excluding hydrogens is 218 g/mol. The van der Waals surface area contributed by atoms with Crippen molar-refractivity contribution < 1.29 is 0 Å². The van der Waals surface area contributed by atoms with E-state index < -0.39 is 0 Å². The molecule has 0 N–H and O–H groups in total. The van der Waals surface area contributed by atoms with E-state index in [0.29, 0.717) is 5.88 Å². The standard InChI is InChI=1S/C14H12ClN/c15-9-3-1-2-5-12-7-8-13-6-4-10-16-14(13)11-12/h4,6-8,10-11H,1,3,9H2. The van der Waals surface area contributed by atoms with Crippen LogP contribution in [0.1, 0.15) is 18.4 Å². The summed E-state index contributed by atoms with van der Waals surface area (Å²) in [4.78, 5) is 4.30. The van der Waals surface area contributed by atoms with E-state index in [9.17, 15) is 0 Å². The van der Waals surface area contributed by atoms with Crippen LogP contribution in [0.3, 0.4) is 0 Å². The molecule has 0 aliphatic heterocycles. The van der Waals surface area contributed by atoms with Gasteiger partial charge < -0.3 is 0 Å². The molecule has 0 aliphatic carbocycles. The lowest BCUT2D eigenvalue weighted by molar-refractivity contribution is 0.991. The van der Waals surface area contributed by atoms with Gasteiger partial charge in [-0.25, -0.2) is 0 Å². The van der Waals surface area contributed by atoms with Crippen LogP contribution in [-0.4, -0.2) is 10.9 Å². The molecule has 1 aromatic heterocycles. The SMILES string of the molecule is ClCCCC#Cc1ccc2cccnc2c1. The van der Waals surface area contributed by atoms with Crippen LogP contribution in [0.15, 0.2) is 36.5 Å². The molecule has 0 amide bonds. The van der Waals surface area contributed by atoms with E-state index in [4.69, 9.17) is 11.6 Å². The van der Waals surface area contributed by atoms with E-state index in [2.05, 4.69) is 16.8 Å². The maximum atomic E-state index is 5.58. The van der Waals surface area contributed by atoms with E-state index in [1.54, 1.807) is 6.20 Å². The summed E-state index contributed by atoms with van der Waals surface area (Å²) < 4.78 is 0. The first-order valence-corrected chi connectivity index (χ1v) is 5.83. The molecule has 0 radical (unpaired) electrons. The van der Waals surface area contributed by atoms with Crippen LogP contribution in [-0.2, 0) is 0 Å². The lowest BCUT2D eigenvalue weighted by Gasteiger charge is -1.96. The summed E-state index contributed by atoms with van der Waals surface area (Å²) in [6, 6.07) is 10.1. The van der Waals surface area contributed by atoms with Crippen molar-refractivity contribution in [2.24, 2.45) is 0 Å². The molecule has 1 aromatic carbocycles. The minimum atomic E-state index is 0.675. The van der Waals surface area contributed by atoms with Gasteiger partial charge in [0, 0.05) is 29.4 Å². The molecule has 0 spiro atoms. The van der Waals surface area contributed by atoms with E-state index in [-0.39, 0.29) is 0 Å². The number of hydrogen-bond acceptors (Lipinski definition) is 1. The van der Waals surface area contributed by atoms with Gasteiger partial charge in [0.2, 0.25) is 0 Å². The summed E-state index contributed by atoms with van der Waals surface area (Å²) in [7, 11) is 0. The molecule has 0 atom stereocenters. The largest absolute Gasteiger partial charge is 0.256 e. The first kappa shape index (κ1) is 11.0. The minimum absolute atomic E-state index is 0.675. The van der Waals surface area contributed by atoms with Crippen molar-refractivity contribution in [1.29, 1.82) is 0 Å². The third kappa shape index (κ3) is 2.74. The Hall–Kier alpha value is -1.52. The zero-order chi connectivity index (χ0) is 11.2. The van der Waals surface area contributed by atoms with Crippen LogP contribution in [0.2, 0.25) is 0 Å². The molecule has 2 heteroatoms. The Morgan fingerprint density at radius 2 is 2.19 bits per heavy atom. The fourth-order valence-corrected chi connectivity index (χ4v) is 1.60. The first-order valence-electron chi connectivity index (χ1n) is 5.30. The lowest BCUT2D eigenvalue weighted by atomic mass is 10.1. The molecule has 1 heterocycles. The molecule has 2 rings (SSSR count). The highest BCUT2D eigenvalue weighted by atomic mass is 35.5. The minimum Gasteiger partial charge on any atom is -0.256 e. The fraction of sp³-hybridized carbons (Fsp3) is 0.214. The maximum Gasteiger partial charge on any atom is 0.0714 e. The van der Waals surface area contributed by atoms with Crippen molar-refractivity contribution >= 4 is 22.5 Å². The van der Waals surface area contributed by atoms with Gasteiger partial charge in [-0.1, -0.05) is 24.0 Å². The Kier molecular flexibility index (Phi) is 3.80. The highest BCUT2D eigenvalue weighted by Gasteiger charge is 1.93. The Balaban J connectivity index is 2.21. The number of hydrogen-bond donors (Lipinski definition) is 0. The number of alkyl halides is 1. The molecule has 2 aromatic rings. The molecular formula is C14H12ClN. The van der Waals surface area contributed by atoms with Crippen LogP contribution in [0.25, 0.3) is 10.9 Å². The highest BCUT2D eigenvalue weighted by Crippen LogP contribution is 2.12.